The molecule has 1 N–H and O–H groups in total. The standard InChI is InChI=1S/C21H20O3/c1-15-7-11-17(12-8-15)23-21(19-5-3-4-6-20(19)22)24-18-13-9-16(2)10-14-18/h3-14,21-22H,1-2H3. The van der Waals surface area contributed by atoms with Crippen LogP contribution in [0, 0.1) is 13.8 Å². The number of ether oxygens (including phenoxy) is 2. The van der Waals surface area contributed by atoms with Gasteiger partial charge < -0.3 is 14.6 Å². The van der Waals surface area contributed by atoms with Crippen LogP contribution in [-0.2, 0) is 0 Å². The Morgan fingerprint density at radius 2 is 1.12 bits per heavy atom. The molecule has 0 spiro atoms. The van der Waals surface area contributed by atoms with E-state index < -0.39 is 6.29 Å². The van der Waals surface area contributed by atoms with Gasteiger partial charge in [-0.1, -0.05) is 47.5 Å². The smallest absolute Gasteiger partial charge is 0.271 e. The van der Waals surface area contributed by atoms with Gasteiger partial charge in [-0.2, -0.15) is 0 Å². The largest absolute Gasteiger partial charge is 0.507 e. The summed E-state index contributed by atoms with van der Waals surface area (Å²) >= 11 is 0. The van der Waals surface area contributed by atoms with Gasteiger partial charge >= 0.3 is 0 Å². The van der Waals surface area contributed by atoms with E-state index in [4.69, 9.17) is 9.47 Å². The fourth-order valence-electron chi connectivity index (χ4n) is 2.32. The van der Waals surface area contributed by atoms with Gasteiger partial charge in [-0.15, -0.1) is 0 Å². The predicted molar refractivity (Wildman–Crippen MR) is 94.5 cm³/mol. The first-order valence-corrected chi connectivity index (χ1v) is 7.86. The first kappa shape index (κ1) is 15.9. The van der Waals surface area contributed by atoms with E-state index in [1.165, 1.54) is 0 Å². The molecule has 0 radical (unpaired) electrons. The fourth-order valence-corrected chi connectivity index (χ4v) is 2.32. The van der Waals surface area contributed by atoms with Crippen molar-refractivity contribution in [1.29, 1.82) is 0 Å². The lowest BCUT2D eigenvalue weighted by atomic mass is 10.2. The number of hydrogen-bond acceptors (Lipinski definition) is 3. The molecule has 3 rings (SSSR count). The molecule has 24 heavy (non-hydrogen) atoms. The number of para-hydroxylation sites is 1. The summed E-state index contributed by atoms with van der Waals surface area (Å²) in [5, 5.41) is 10.2. The maximum absolute atomic E-state index is 10.2. The fraction of sp³-hybridized carbons (Fsp3) is 0.143. The number of aromatic hydroxyl groups is 1. The Balaban J connectivity index is 1.89. The van der Waals surface area contributed by atoms with Crippen LogP contribution in [0.4, 0.5) is 0 Å². The molecule has 0 unspecified atom stereocenters. The van der Waals surface area contributed by atoms with Crippen LogP contribution >= 0.6 is 0 Å². The highest BCUT2D eigenvalue weighted by molar-refractivity contribution is 5.36. The zero-order valence-corrected chi connectivity index (χ0v) is 13.8. The summed E-state index contributed by atoms with van der Waals surface area (Å²) in [6.45, 7) is 4.04. The lowest BCUT2D eigenvalue weighted by molar-refractivity contribution is 0.00213. The Kier molecular flexibility index (Phi) is 4.71. The molecule has 0 heterocycles. The second kappa shape index (κ2) is 7.09. The molecular weight excluding hydrogens is 300 g/mol. The third-order valence-electron chi connectivity index (χ3n) is 3.72. The second-order valence-corrected chi connectivity index (χ2v) is 5.75. The second-order valence-electron chi connectivity index (χ2n) is 5.75. The van der Waals surface area contributed by atoms with E-state index in [-0.39, 0.29) is 5.75 Å². The van der Waals surface area contributed by atoms with Crippen molar-refractivity contribution < 1.29 is 14.6 Å². The molecule has 0 aliphatic carbocycles. The first-order valence-electron chi connectivity index (χ1n) is 7.86. The molecule has 0 aliphatic heterocycles. The summed E-state index contributed by atoms with van der Waals surface area (Å²) in [6.07, 6.45) is -0.739. The molecular formula is C21H20O3. The number of aryl methyl sites for hydroxylation is 2. The maximum Gasteiger partial charge on any atom is 0.271 e. The Morgan fingerprint density at radius 1 is 0.667 bits per heavy atom. The Bertz CT molecular complexity index is 745. The molecule has 3 aromatic carbocycles. The molecule has 0 atom stereocenters. The molecule has 122 valence electrons. The molecule has 3 heteroatoms. The van der Waals surface area contributed by atoms with Gasteiger partial charge in [-0.25, -0.2) is 0 Å². The Hall–Kier alpha value is -2.94. The van der Waals surface area contributed by atoms with E-state index in [9.17, 15) is 5.11 Å². The van der Waals surface area contributed by atoms with Gasteiger partial charge in [0.25, 0.3) is 6.29 Å². The van der Waals surface area contributed by atoms with Crippen molar-refractivity contribution >= 4 is 0 Å². The van der Waals surface area contributed by atoms with Crippen LogP contribution in [0.15, 0.2) is 72.8 Å². The van der Waals surface area contributed by atoms with Crippen LogP contribution in [0.2, 0.25) is 0 Å². The zero-order chi connectivity index (χ0) is 16.9. The van der Waals surface area contributed by atoms with Crippen molar-refractivity contribution in [3.63, 3.8) is 0 Å². The summed E-state index contributed by atoms with van der Waals surface area (Å²) in [4.78, 5) is 0. The van der Waals surface area contributed by atoms with Crippen molar-refractivity contribution in [2.45, 2.75) is 20.1 Å². The number of rotatable bonds is 5. The Morgan fingerprint density at radius 3 is 1.58 bits per heavy atom. The van der Waals surface area contributed by atoms with Gasteiger partial charge in [0, 0.05) is 0 Å². The lowest BCUT2D eigenvalue weighted by Crippen LogP contribution is -2.15. The zero-order valence-electron chi connectivity index (χ0n) is 13.8. The highest BCUT2D eigenvalue weighted by atomic mass is 16.7. The van der Waals surface area contributed by atoms with Crippen molar-refractivity contribution in [2.75, 3.05) is 0 Å². The number of phenols is 1. The maximum atomic E-state index is 10.2. The quantitative estimate of drug-likeness (QED) is 0.659. The van der Waals surface area contributed by atoms with E-state index in [2.05, 4.69) is 0 Å². The third-order valence-corrected chi connectivity index (χ3v) is 3.72. The van der Waals surface area contributed by atoms with Crippen molar-refractivity contribution in [3.8, 4) is 17.2 Å². The van der Waals surface area contributed by atoms with E-state index in [0.29, 0.717) is 17.1 Å². The molecule has 3 nitrogen and oxygen atoms in total. The topological polar surface area (TPSA) is 38.7 Å². The minimum Gasteiger partial charge on any atom is -0.507 e. The molecule has 0 fully saturated rings. The van der Waals surface area contributed by atoms with Crippen molar-refractivity contribution in [2.24, 2.45) is 0 Å². The normalized spacial score (nSPS) is 10.6. The Labute approximate surface area is 142 Å². The van der Waals surface area contributed by atoms with Crippen LogP contribution in [0.1, 0.15) is 23.0 Å². The minimum absolute atomic E-state index is 0.140. The number of hydrogen-bond donors (Lipinski definition) is 1. The average molecular weight is 320 g/mol. The highest BCUT2D eigenvalue weighted by Crippen LogP contribution is 2.31. The molecule has 0 saturated carbocycles. The van der Waals surface area contributed by atoms with Gasteiger partial charge in [0.2, 0.25) is 0 Å². The van der Waals surface area contributed by atoms with Gasteiger partial charge in [-0.3, -0.25) is 0 Å². The van der Waals surface area contributed by atoms with Crippen molar-refractivity contribution in [3.05, 3.63) is 89.5 Å². The summed E-state index contributed by atoms with van der Waals surface area (Å²) in [6, 6.07) is 22.5. The van der Waals surface area contributed by atoms with Gasteiger partial charge in [0.1, 0.15) is 17.2 Å². The van der Waals surface area contributed by atoms with Crippen molar-refractivity contribution in [1.82, 2.24) is 0 Å². The van der Waals surface area contributed by atoms with E-state index in [1.54, 1.807) is 18.2 Å². The predicted octanol–water partition coefficient (Wildman–Crippen LogP) is 5.17. The molecule has 0 bridgehead atoms. The number of phenolic OH excluding ortho intramolecular Hbond substituents is 1. The molecule has 0 amide bonds. The number of benzene rings is 3. The van der Waals surface area contributed by atoms with E-state index >= 15 is 0 Å². The van der Waals surface area contributed by atoms with E-state index in [0.717, 1.165) is 11.1 Å². The molecule has 0 aromatic heterocycles. The molecule has 0 aliphatic rings. The van der Waals surface area contributed by atoms with E-state index in [1.807, 2.05) is 68.4 Å². The monoisotopic (exact) mass is 320 g/mol. The SMILES string of the molecule is Cc1ccc(OC(Oc2ccc(C)cc2)c2ccccc2O)cc1. The van der Waals surface area contributed by atoms with Gasteiger partial charge in [0.05, 0.1) is 5.56 Å². The molecule has 0 saturated heterocycles. The highest BCUT2D eigenvalue weighted by Gasteiger charge is 2.19. The summed E-state index contributed by atoms with van der Waals surface area (Å²) < 4.78 is 12.0. The van der Waals surface area contributed by atoms with Gasteiger partial charge in [0.15, 0.2) is 0 Å². The van der Waals surface area contributed by atoms with Crippen LogP contribution < -0.4 is 9.47 Å². The average Bonchev–Trinajstić information content (AvgIpc) is 2.59. The van der Waals surface area contributed by atoms with Crippen LogP contribution in [0.5, 0.6) is 17.2 Å². The van der Waals surface area contributed by atoms with Gasteiger partial charge in [-0.05, 0) is 50.2 Å². The van der Waals surface area contributed by atoms with Crippen LogP contribution in [-0.4, -0.2) is 5.11 Å². The lowest BCUT2D eigenvalue weighted by Gasteiger charge is -2.21. The first-order chi connectivity index (χ1) is 11.6. The van der Waals surface area contributed by atoms with Crippen LogP contribution in [0.3, 0.4) is 0 Å². The minimum atomic E-state index is -0.739. The summed E-state index contributed by atoms with van der Waals surface area (Å²) in [5.74, 6) is 1.50. The third kappa shape index (κ3) is 3.87. The molecule has 3 aromatic rings. The summed E-state index contributed by atoms with van der Waals surface area (Å²) in [7, 11) is 0. The van der Waals surface area contributed by atoms with Crippen LogP contribution in [0.25, 0.3) is 0 Å². The summed E-state index contributed by atoms with van der Waals surface area (Å²) in [5.41, 5.74) is 2.89.